The zero-order chi connectivity index (χ0) is 14.4. The third-order valence-corrected chi connectivity index (χ3v) is 3.82. The van der Waals surface area contributed by atoms with Gasteiger partial charge in [0.2, 0.25) is 5.89 Å². The first-order valence-corrected chi connectivity index (χ1v) is 7.64. The molecular weight excluding hydrogens is 277 g/mol. The van der Waals surface area contributed by atoms with Crippen LogP contribution in [0.2, 0.25) is 0 Å². The fraction of sp³-hybridized carbons (Fsp3) is 0.429. The van der Waals surface area contributed by atoms with Crippen molar-refractivity contribution in [2.75, 3.05) is 0 Å². The number of aromatic nitrogens is 2. The summed E-state index contributed by atoms with van der Waals surface area (Å²) in [4.78, 5) is 5.12. The van der Waals surface area contributed by atoms with Gasteiger partial charge < -0.3 is 10.3 Å². The third kappa shape index (κ3) is 4.31. The normalized spacial score (nSPS) is 12.6. The number of hydrogen-bond donors (Lipinski definition) is 1. The van der Waals surface area contributed by atoms with Crippen molar-refractivity contribution in [2.24, 2.45) is 5.73 Å². The topological polar surface area (TPSA) is 64.9 Å². The highest BCUT2D eigenvalue weighted by Crippen LogP contribution is 2.23. The number of unbranched alkanes of at least 4 members (excludes halogenated alkanes) is 1. The van der Waals surface area contributed by atoms with Crippen molar-refractivity contribution in [3.05, 3.63) is 41.8 Å². The van der Waals surface area contributed by atoms with E-state index in [1.807, 2.05) is 6.07 Å². The number of halogens is 1. The SMILES string of the molecule is CCCCC(N)c1nc(CSc2cccc(F)c2)no1. The number of nitrogens with two attached hydrogens (primary N) is 1. The number of benzene rings is 1. The summed E-state index contributed by atoms with van der Waals surface area (Å²) in [7, 11) is 0. The maximum atomic E-state index is 13.0. The van der Waals surface area contributed by atoms with Gasteiger partial charge in [0.05, 0.1) is 11.8 Å². The van der Waals surface area contributed by atoms with Crippen LogP contribution in [-0.2, 0) is 5.75 Å². The maximum absolute atomic E-state index is 13.0. The zero-order valence-electron chi connectivity index (χ0n) is 11.4. The summed E-state index contributed by atoms with van der Waals surface area (Å²) in [5.41, 5.74) is 5.97. The first kappa shape index (κ1) is 15.0. The molecule has 6 heteroatoms. The molecule has 0 amide bonds. The first-order valence-electron chi connectivity index (χ1n) is 6.65. The standard InChI is InChI=1S/C14H18FN3OS/c1-2-3-7-12(16)14-17-13(18-19-14)9-20-11-6-4-5-10(15)8-11/h4-6,8,12H,2-3,7,9,16H2,1H3. The second kappa shape index (κ2) is 7.40. The third-order valence-electron chi connectivity index (χ3n) is 2.83. The lowest BCUT2D eigenvalue weighted by Crippen LogP contribution is -2.10. The Labute approximate surface area is 121 Å². The van der Waals surface area contributed by atoms with E-state index in [0.717, 1.165) is 24.2 Å². The van der Waals surface area contributed by atoms with Crippen LogP contribution in [0.1, 0.15) is 43.9 Å². The average molecular weight is 295 g/mol. The van der Waals surface area contributed by atoms with Gasteiger partial charge in [-0.2, -0.15) is 4.98 Å². The Bertz CT molecular complexity index is 547. The fourth-order valence-corrected chi connectivity index (χ4v) is 2.51. The molecule has 108 valence electrons. The number of thioether (sulfide) groups is 1. The molecule has 1 unspecified atom stereocenters. The summed E-state index contributed by atoms with van der Waals surface area (Å²) < 4.78 is 18.2. The van der Waals surface area contributed by atoms with Crippen LogP contribution in [0, 0.1) is 5.82 Å². The van der Waals surface area contributed by atoms with Crippen LogP contribution < -0.4 is 5.73 Å². The van der Waals surface area contributed by atoms with Crippen LogP contribution in [-0.4, -0.2) is 10.1 Å². The molecule has 0 fully saturated rings. The van der Waals surface area contributed by atoms with Gasteiger partial charge in [-0.1, -0.05) is 31.0 Å². The van der Waals surface area contributed by atoms with E-state index < -0.39 is 0 Å². The van der Waals surface area contributed by atoms with Gasteiger partial charge in [0, 0.05) is 4.90 Å². The maximum Gasteiger partial charge on any atom is 0.243 e. The minimum absolute atomic E-state index is 0.199. The summed E-state index contributed by atoms with van der Waals surface area (Å²) in [6, 6.07) is 6.24. The molecule has 0 aliphatic rings. The van der Waals surface area contributed by atoms with Crippen molar-refractivity contribution in [2.45, 2.75) is 42.9 Å². The van der Waals surface area contributed by atoms with E-state index in [-0.39, 0.29) is 11.9 Å². The van der Waals surface area contributed by atoms with E-state index in [4.69, 9.17) is 10.3 Å². The van der Waals surface area contributed by atoms with Gasteiger partial charge in [-0.05, 0) is 24.6 Å². The van der Waals surface area contributed by atoms with Gasteiger partial charge in [0.25, 0.3) is 0 Å². The highest BCUT2D eigenvalue weighted by atomic mass is 32.2. The molecule has 2 aromatic rings. The minimum Gasteiger partial charge on any atom is -0.338 e. The molecule has 20 heavy (non-hydrogen) atoms. The molecule has 4 nitrogen and oxygen atoms in total. The first-order chi connectivity index (χ1) is 9.69. The molecule has 0 aliphatic heterocycles. The van der Waals surface area contributed by atoms with Gasteiger partial charge >= 0.3 is 0 Å². The molecule has 0 saturated heterocycles. The molecule has 0 bridgehead atoms. The Morgan fingerprint density at radius 2 is 2.30 bits per heavy atom. The molecule has 1 heterocycles. The highest BCUT2D eigenvalue weighted by molar-refractivity contribution is 7.98. The van der Waals surface area contributed by atoms with Crippen molar-refractivity contribution in [3.8, 4) is 0 Å². The summed E-state index contributed by atoms with van der Waals surface area (Å²) in [6.45, 7) is 2.11. The molecule has 2 N–H and O–H groups in total. The van der Waals surface area contributed by atoms with Crippen LogP contribution in [0.25, 0.3) is 0 Å². The van der Waals surface area contributed by atoms with Crippen molar-refractivity contribution in [1.82, 2.24) is 10.1 Å². The quantitative estimate of drug-likeness (QED) is 0.789. The van der Waals surface area contributed by atoms with Crippen LogP contribution >= 0.6 is 11.8 Å². The number of rotatable bonds is 7. The van der Waals surface area contributed by atoms with E-state index in [0.29, 0.717) is 17.5 Å². The smallest absolute Gasteiger partial charge is 0.243 e. The van der Waals surface area contributed by atoms with Crippen molar-refractivity contribution in [3.63, 3.8) is 0 Å². The molecule has 0 spiro atoms. The van der Waals surface area contributed by atoms with Crippen molar-refractivity contribution >= 4 is 11.8 Å². The minimum atomic E-state index is -0.245. The summed E-state index contributed by atoms with van der Waals surface area (Å²) in [6.07, 6.45) is 2.97. The molecule has 2 rings (SSSR count). The Kier molecular flexibility index (Phi) is 5.55. The van der Waals surface area contributed by atoms with Crippen molar-refractivity contribution in [1.29, 1.82) is 0 Å². The lowest BCUT2D eigenvalue weighted by molar-refractivity contribution is 0.343. The number of hydrogen-bond acceptors (Lipinski definition) is 5. The Balaban J connectivity index is 1.89. The lowest BCUT2D eigenvalue weighted by atomic mass is 10.1. The predicted octanol–water partition coefficient (Wildman–Crippen LogP) is 3.69. The monoisotopic (exact) mass is 295 g/mol. The average Bonchev–Trinajstić information content (AvgIpc) is 2.91. The summed E-state index contributed by atoms with van der Waals surface area (Å²) in [5, 5.41) is 3.90. The molecule has 1 aromatic carbocycles. The molecule has 1 atom stereocenters. The molecular formula is C14H18FN3OS. The molecule has 0 aliphatic carbocycles. The molecule has 1 aromatic heterocycles. The van der Waals surface area contributed by atoms with Crippen LogP contribution in [0.15, 0.2) is 33.7 Å². The highest BCUT2D eigenvalue weighted by Gasteiger charge is 2.14. The Hall–Kier alpha value is -1.40. The van der Waals surface area contributed by atoms with Gasteiger partial charge in [-0.25, -0.2) is 4.39 Å². The van der Waals surface area contributed by atoms with Gasteiger partial charge in [0.1, 0.15) is 5.82 Å². The van der Waals surface area contributed by atoms with E-state index >= 15 is 0 Å². The largest absolute Gasteiger partial charge is 0.338 e. The van der Waals surface area contributed by atoms with E-state index in [1.165, 1.54) is 23.9 Å². The summed E-state index contributed by atoms with van der Waals surface area (Å²) >= 11 is 1.46. The van der Waals surface area contributed by atoms with Gasteiger partial charge in [-0.3, -0.25) is 0 Å². The second-order valence-electron chi connectivity index (χ2n) is 4.54. The number of nitrogens with zero attached hydrogens (tertiary/aromatic N) is 2. The second-order valence-corrected chi connectivity index (χ2v) is 5.59. The fourth-order valence-electron chi connectivity index (χ4n) is 1.73. The van der Waals surface area contributed by atoms with Crippen molar-refractivity contribution < 1.29 is 8.91 Å². The Morgan fingerprint density at radius 3 is 3.05 bits per heavy atom. The van der Waals surface area contributed by atoms with E-state index in [9.17, 15) is 4.39 Å². The van der Waals surface area contributed by atoms with Crippen LogP contribution in [0.5, 0.6) is 0 Å². The predicted molar refractivity (Wildman–Crippen MR) is 76.7 cm³/mol. The molecule has 0 saturated carbocycles. The Morgan fingerprint density at radius 1 is 1.45 bits per heavy atom. The van der Waals surface area contributed by atoms with Gasteiger partial charge in [-0.15, -0.1) is 11.8 Å². The van der Waals surface area contributed by atoms with Crippen LogP contribution in [0.3, 0.4) is 0 Å². The molecule has 0 radical (unpaired) electrons. The van der Waals surface area contributed by atoms with E-state index in [1.54, 1.807) is 6.07 Å². The van der Waals surface area contributed by atoms with Gasteiger partial charge in [0.15, 0.2) is 5.82 Å². The zero-order valence-corrected chi connectivity index (χ0v) is 12.2. The van der Waals surface area contributed by atoms with Crippen LogP contribution in [0.4, 0.5) is 4.39 Å². The summed E-state index contributed by atoms with van der Waals surface area (Å²) in [5.74, 6) is 1.35. The van der Waals surface area contributed by atoms with E-state index in [2.05, 4.69) is 17.1 Å². The lowest BCUT2D eigenvalue weighted by Gasteiger charge is -2.03.